The number of anilines is 1. The molecule has 1 aromatic rings. The van der Waals surface area contributed by atoms with E-state index < -0.39 is 11.5 Å². The number of hydrogen-bond acceptors (Lipinski definition) is 5. The van der Waals surface area contributed by atoms with Crippen molar-refractivity contribution < 1.29 is 14.6 Å². The van der Waals surface area contributed by atoms with E-state index in [9.17, 15) is 9.90 Å². The molecular weight excluding hydrogens is 378 g/mol. The predicted octanol–water partition coefficient (Wildman–Crippen LogP) is 4.99. The molecule has 1 atom stereocenters. The number of aryl methyl sites for hydroxylation is 1. The molecule has 1 heterocycles. The summed E-state index contributed by atoms with van der Waals surface area (Å²) in [4.78, 5) is 13.9. The number of ether oxygens (including phenoxy) is 1. The summed E-state index contributed by atoms with van der Waals surface area (Å²) in [5.41, 5.74) is 4.82. The Hall–Kier alpha value is -1.79. The van der Waals surface area contributed by atoms with E-state index in [1.165, 1.54) is 0 Å². The van der Waals surface area contributed by atoms with Crippen molar-refractivity contribution in [2.75, 3.05) is 18.5 Å². The largest absolute Gasteiger partial charge is 0.447 e. The SMILES string of the molecule is C=NNc1c(C)cc(Cl)cc1C(O)C(C)(C)C1CCN(C(=O)OC(C)C)CC1. The number of carbonyl (C=O) groups excluding carboxylic acids is 1. The fraction of sp³-hybridized carbons (Fsp3) is 0.619. The Morgan fingerprint density at radius 3 is 2.54 bits per heavy atom. The van der Waals surface area contributed by atoms with E-state index in [4.69, 9.17) is 16.3 Å². The van der Waals surface area contributed by atoms with Crippen LogP contribution in [0.25, 0.3) is 0 Å². The third kappa shape index (κ3) is 4.97. The lowest BCUT2D eigenvalue weighted by Crippen LogP contribution is -2.44. The molecule has 0 aromatic heterocycles. The highest BCUT2D eigenvalue weighted by atomic mass is 35.5. The van der Waals surface area contributed by atoms with Crippen LogP contribution in [0.2, 0.25) is 5.02 Å². The van der Waals surface area contributed by atoms with Gasteiger partial charge in [0, 0.05) is 30.4 Å². The Morgan fingerprint density at radius 1 is 1.39 bits per heavy atom. The number of aliphatic hydroxyl groups excluding tert-OH is 1. The van der Waals surface area contributed by atoms with E-state index in [-0.39, 0.29) is 18.1 Å². The number of piperidine rings is 1. The van der Waals surface area contributed by atoms with Gasteiger partial charge in [-0.2, -0.15) is 5.10 Å². The van der Waals surface area contributed by atoms with Crippen molar-refractivity contribution in [1.82, 2.24) is 4.90 Å². The summed E-state index contributed by atoms with van der Waals surface area (Å²) in [7, 11) is 0. The van der Waals surface area contributed by atoms with Crippen molar-refractivity contribution in [3.63, 3.8) is 0 Å². The number of amides is 1. The zero-order chi connectivity index (χ0) is 21.1. The van der Waals surface area contributed by atoms with Gasteiger partial charge in [0.15, 0.2) is 0 Å². The van der Waals surface area contributed by atoms with Gasteiger partial charge < -0.3 is 14.7 Å². The van der Waals surface area contributed by atoms with Crippen LogP contribution in [-0.2, 0) is 4.74 Å². The molecule has 1 saturated heterocycles. The van der Waals surface area contributed by atoms with Crippen LogP contribution in [0.5, 0.6) is 0 Å². The Bertz CT molecular complexity index is 713. The van der Waals surface area contributed by atoms with Crippen LogP contribution < -0.4 is 5.43 Å². The number of halogens is 1. The molecule has 2 rings (SSSR count). The van der Waals surface area contributed by atoms with Gasteiger partial charge in [-0.15, -0.1) is 0 Å². The Morgan fingerprint density at radius 2 is 2.00 bits per heavy atom. The first-order valence-corrected chi connectivity index (χ1v) is 10.1. The Labute approximate surface area is 172 Å². The molecule has 1 unspecified atom stereocenters. The zero-order valence-electron chi connectivity index (χ0n) is 17.5. The summed E-state index contributed by atoms with van der Waals surface area (Å²) in [5.74, 6) is 0.245. The van der Waals surface area contributed by atoms with Gasteiger partial charge in [0.05, 0.1) is 17.9 Å². The number of nitrogens with one attached hydrogen (secondary N) is 1. The highest BCUT2D eigenvalue weighted by Gasteiger charge is 2.40. The molecule has 6 nitrogen and oxygen atoms in total. The van der Waals surface area contributed by atoms with Crippen LogP contribution in [0.3, 0.4) is 0 Å². The maximum atomic E-state index is 12.1. The highest BCUT2D eigenvalue weighted by Crippen LogP contribution is 2.47. The molecule has 0 bridgehead atoms. The maximum Gasteiger partial charge on any atom is 0.410 e. The standard InChI is InChI=1S/C21H32ClN3O3/c1-13(2)28-20(27)25-9-7-15(8-10-25)21(4,5)19(26)17-12-16(22)11-14(3)18(17)24-23-6/h11-13,15,19,24,26H,6-10H2,1-5H3. The zero-order valence-corrected chi connectivity index (χ0v) is 18.2. The minimum atomic E-state index is -0.742. The van der Waals surface area contributed by atoms with E-state index >= 15 is 0 Å². The van der Waals surface area contributed by atoms with Crippen LogP contribution in [0.4, 0.5) is 10.5 Å². The first-order chi connectivity index (χ1) is 13.1. The third-order valence-electron chi connectivity index (χ3n) is 5.66. The van der Waals surface area contributed by atoms with Crippen molar-refractivity contribution in [3.05, 3.63) is 28.3 Å². The molecular formula is C21H32ClN3O3. The average Bonchev–Trinajstić information content (AvgIpc) is 2.62. The van der Waals surface area contributed by atoms with Crippen molar-refractivity contribution in [2.24, 2.45) is 16.4 Å². The molecule has 1 aromatic carbocycles. The topological polar surface area (TPSA) is 74.2 Å². The van der Waals surface area contributed by atoms with Crippen LogP contribution >= 0.6 is 11.6 Å². The van der Waals surface area contributed by atoms with Gasteiger partial charge in [-0.3, -0.25) is 5.43 Å². The summed E-state index contributed by atoms with van der Waals surface area (Å²) in [6, 6.07) is 3.61. The molecule has 2 N–H and O–H groups in total. The first-order valence-electron chi connectivity index (χ1n) is 9.73. The molecule has 28 heavy (non-hydrogen) atoms. The quantitative estimate of drug-likeness (QED) is 0.512. The average molecular weight is 410 g/mol. The number of rotatable bonds is 6. The fourth-order valence-electron chi connectivity index (χ4n) is 3.92. The van der Waals surface area contributed by atoms with E-state index in [0.717, 1.165) is 24.1 Å². The second-order valence-electron chi connectivity index (χ2n) is 8.37. The van der Waals surface area contributed by atoms with Gasteiger partial charge in [-0.05, 0) is 62.6 Å². The van der Waals surface area contributed by atoms with Gasteiger partial charge in [0.2, 0.25) is 0 Å². The number of benzene rings is 1. The Balaban J connectivity index is 2.17. The van der Waals surface area contributed by atoms with Gasteiger partial charge in [-0.1, -0.05) is 25.4 Å². The number of carbonyl (C=O) groups is 1. The minimum Gasteiger partial charge on any atom is -0.447 e. The predicted molar refractivity (Wildman–Crippen MR) is 114 cm³/mol. The monoisotopic (exact) mass is 409 g/mol. The van der Waals surface area contributed by atoms with Crippen molar-refractivity contribution in [2.45, 2.75) is 59.7 Å². The van der Waals surface area contributed by atoms with Crippen LogP contribution in [-0.4, -0.2) is 42.0 Å². The lowest BCUT2D eigenvalue weighted by atomic mass is 9.68. The molecule has 1 aliphatic rings. The molecule has 7 heteroatoms. The summed E-state index contributed by atoms with van der Waals surface area (Å²) >= 11 is 6.25. The minimum absolute atomic E-state index is 0.126. The second kappa shape index (κ2) is 9.14. The van der Waals surface area contributed by atoms with Crippen molar-refractivity contribution >= 4 is 30.1 Å². The van der Waals surface area contributed by atoms with Crippen LogP contribution in [0, 0.1) is 18.3 Å². The van der Waals surface area contributed by atoms with E-state index in [0.29, 0.717) is 23.7 Å². The summed E-state index contributed by atoms with van der Waals surface area (Å²) in [6.07, 6.45) is 0.478. The first kappa shape index (κ1) is 22.5. The third-order valence-corrected chi connectivity index (χ3v) is 5.88. The lowest BCUT2D eigenvalue weighted by molar-refractivity contribution is -0.0200. The number of likely N-dealkylation sites (tertiary alicyclic amines) is 1. The van der Waals surface area contributed by atoms with E-state index in [1.54, 1.807) is 11.0 Å². The van der Waals surface area contributed by atoms with E-state index in [1.807, 2.05) is 26.8 Å². The van der Waals surface area contributed by atoms with Crippen LogP contribution in [0.1, 0.15) is 57.8 Å². The molecule has 1 fully saturated rings. The number of hydrogen-bond donors (Lipinski definition) is 2. The number of hydrazone groups is 1. The molecule has 1 aliphatic heterocycles. The highest BCUT2D eigenvalue weighted by molar-refractivity contribution is 6.30. The lowest BCUT2D eigenvalue weighted by Gasteiger charge is -2.43. The fourth-order valence-corrected chi connectivity index (χ4v) is 4.20. The molecule has 156 valence electrons. The van der Waals surface area contributed by atoms with Gasteiger partial charge in [0.25, 0.3) is 0 Å². The normalized spacial score (nSPS) is 16.8. The second-order valence-corrected chi connectivity index (χ2v) is 8.81. The smallest absolute Gasteiger partial charge is 0.410 e. The maximum absolute atomic E-state index is 12.1. The van der Waals surface area contributed by atoms with Gasteiger partial charge in [0.1, 0.15) is 0 Å². The molecule has 0 radical (unpaired) electrons. The van der Waals surface area contributed by atoms with Crippen molar-refractivity contribution in [3.8, 4) is 0 Å². The van der Waals surface area contributed by atoms with Gasteiger partial charge in [-0.25, -0.2) is 4.79 Å². The van der Waals surface area contributed by atoms with E-state index in [2.05, 4.69) is 31.1 Å². The molecule has 0 saturated carbocycles. The molecule has 1 amide bonds. The summed E-state index contributed by atoms with van der Waals surface area (Å²) in [5, 5.41) is 15.6. The number of nitrogens with zero attached hydrogens (tertiary/aromatic N) is 2. The summed E-state index contributed by atoms with van der Waals surface area (Å²) in [6.45, 7) is 14.5. The van der Waals surface area contributed by atoms with Crippen LogP contribution in [0.15, 0.2) is 17.2 Å². The van der Waals surface area contributed by atoms with Crippen molar-refractivity contribution in [1.29, 1.82) is 0 Å². The number of aliphatic hydroxyl groups is 1. The molecule has 0 spiro atoms. The molecule has 0 aliphatic carbocycles. The Kier molecular flexibility index (Phi) is 7.34. The van der Waals surface area contributed by atoms with Gasteiger partial charge >= 0.3 is 6.09 Å². The summed E-state index contributed by atoms with van der Waals surface area (Å²) < 4.78 is 5.29.